The molecule has 1 aromatic carbocycles. The van der Waals surface area contributed by atoms with Crippen LogP contribution in [0.15, 0.2) is 36.4 Å². The molecule has 21 heavy (non-hydrogen) atoms. The molecular weight excluding hydrogens is 482 g/mol. The van der Waals surface area contributed by atoms with Gasteiger partial charge in [0.25, 0.3) is 0 Å². The summed E-state index contributed by atoms with van der Waals surface area (Å²) in [5.41, 5.74) is 1.46. The molecule has 1 aromatic rings. The average molecular weight is 506 g/mol. The maximum absolute atomic E-state index is 2.99. The van der Waals surface area contributed by atoms with Crippen LogP contribution >= 0.6 is 0 Å². The van der Waals surface area contributed by atoms with Crippen molar-refractivity contribution < 1.29 is 50.7 Å². The Kier molecular flexibility index (Phi) is 13.6. The quantitative estimate of drug-likeness (QED) is 0.346. The van der Waals surface area contributed by atoms with E-state index in [1.165, 1.54) is 24.4 Å². The zero-order valence-electron chi connectivity index (χ0n) is 13.0. The van der Waals surface area contributed by atoms with Gasteiger partial charge in [-0.2, -0.15) is 23.4 Å². The van der Waals surface area contributed by atoms with Crippen molar-refractivity contribution in [3.63, 3.8) is 0 Å². The van der Waals surface area contributed by atoms with Crippen LogP contribution in [0.5, 0.6) is 0 Å². The molecule has 0 atom stereocenters. The summed E-state index contributed by atoms with van der Waals surface area (Å²) in [5, 5.41) is 1.75. The van der Waals surface area contributed by atoms with E-state index >= 15 is 0 Å². The molecule has 3 rings (SSSR count). The first-order chi connectivity index (χ1) is 8.77. The number of rotatable bonds is 3. The van der Waals surface area contributed by atoms with Crippen molar-refractivity contribution in [2.75, 3.05) is 0 Å². The van der Waals surface area contributed by atoms with Gasteiger partial charge in [0.15, 0.2) is 0 Å². The van der Waals surface area contributed by atoms with Gasteiger partial charge >= 0.3 is 25.8 Å². The third-order valence-electron chi connectivity index (χ3n) is 4.15. The van der Waals surface area contributed by atoms with Crippen LogP contribution in [0.3, 0.4) is 0 Å². The Labute approximate surface area is 162 Å². The van der Waals surface area contributed by atoms with Crippen molar-refractivity contribution in [2.45, 2.75) is 51.2 Å². The molecule has 4 heteroatoms. The molecule has 0 radical (unpaired) electrons. The van der Waals surface area contributed by atoms with Gasteiger partial charge in [0, 0.05) is 8.07 Å². The summed E-state index contributed by atoms with van der Waals surface area (Å²) in [5.74, 6) is 0. The molecule has 0 amide bonds. The topological polar surface area (TPSA) is 0 Å². The Balaban J connectivity index is 0. The maximum Gasteiger partial charge on any atom is 4.00 e. The fourth-order valence-corrected chi connectivity index (χ4v) is 7.50. The van der Waals surface area contributed by atoms with Crippen molar-refractivity contribution >= 4 is 13.3 Å². The third kappa shape index (κ3) is 6.64. The first kappa shape index (κ1) is 23.8. The van der Waals surface area contributed by atoms with Gasteiger partial charge < -0.3 is 24.8 Å². The minimum Gasteiger partial charge on any atom is -1.00 e. The van der Waals surface area contributed by atoms with Crippen molar-refractivity contribution in [3.05, 3.63) is 48.1 Å². The van der Waals surface area contributed by atoms with Crippen LogP contribution in [0.4, 0.5) is 0 Å². The predicted octanol–water partition coefficient (Wildman–Crippen LogP) is -1.51. The summed E-state index contributed by atoms with van der Waals surface area (Å²) < 4.78 is 0. The van der Waals surface area contributed by atoms with Crippen LogP contribution in [0.2, 0.25) is 18.1 Å². The van der Waals surface area contributed by atoms with E-state index in [1.807, 2.05) is 12.2 Å². The zero-order chi connectivity index (χ0) is 12.8. The fraction of sp³-hybridized carbons (Fsp3) is 0.471. The van der Waals surface area contributed by atoms with Crippen LogP contribution in [0, 0.1) is 13.0 Å². The molecule has 114 valence electrons. The molecular formula is C17H24Cl2HfSi. The first-order valence-electron chi connectivity index (χ1n) is 7.22. The molecule has 0 spiro atoms. The molecule has 1 aliphatic carbocycles. The van der Waals surface area contributed by atoms with Crippen molar-refractivity contribution in [1.29, 1.82) is 0 Å². The number of hydrogen-bond acceptors (Lipinski definition) is 0. The smallest absolute Gasteiger partial charge is 1.00 e. The largest absolute Gasteiger partial charge is 4.00 e. The van der Waals surface area contributed by atoms with E-state index in [0.717, 1.165) is 6.42 Å². The SMILES string of the molecule is CCC[Si]1([c-]2ccc(C)c2)CCC1.[C-]1=CC=CC1.[Cl-].[Cl-].[Hf+4]. The summed E-state index contributed by atoms with van der Waals surface area (Å²) in [6.07, 6.45) is 12.9. The van der Waals surface area contributed by atoms with Gasteiger partial charge in [0.2, 0.25) is 0 Å². The Morgan fingerprint density at radius 1 is 1.29 bits per heavy atom. The molecule has 0 saturated carbocycles. The van der Waals surface area contributed by atoms with Crippen LogP contribution < -0.4 is 30.0 Å². The number of aryl methyl sites for hydroxylation is 1. The molecule has 1 saturated heterocycles. The van der Waals surface area contributed by atoms with E-state index in [-0.39, 0.29) is 50.7 Å². The monoisotopic (exact) mass is 506 g/mol. The maximum atomic E-state index is 2.99. The molecule has 0 N–H and O–H groups in total. The second-order valence-electron chi connectivity index (χ2n) is 5.56. The van der Waals surface area contributed by atoms with Gasteiger partial charge in [-0.3, -0.25) is 6.08 Å². The number of hydrogen-bond donors (Lipinski definition) is 0. The Bertz CT molecular complexity index is 424. The Morgan fingerprint density at radius 2 is 2.00 bits per heavy atom. The van der Waals surface area contributed by atoms with Gasteiger partial charge in [-0.15, -0.1) is 6.42 Å². The summed E-state index contributed by atoms with van der Waals surface area (Å²) in [6.45, 7) is 4.55. The zero-order valence-corrected chi connectivity index (χ0v) is 19.1. The van der Waals surface area contributed by atoms with Gasteiger partial charge in [0.1, 0.15) is 0 Å². The molecule has 2 aliphatic rings. The van der Waals surface area contributed by atoms with Gasteiger partial charge in [-0.25, -0.2) is 23.8 Å². The van der Waals surface area contributed by atoms with E-state index in [1.54, 1.807) is 17.3 Å². The minimum absolute atomic E-state index is 0. The van der Waals surface area contributed by atoms with Gasteiger partial charge in [0.05, 0.1) is 0 Å². The molecule has 0 unspecified atom stereocenters. The predicted molar refractivity (Wildman–Crippen MR) is 83.1 cm³/mol. The first-order valence-corrected chi connectivity index (χ1v) is 9.84. The van der Waals surface area contributed by atoms with Gasteiger partial charge in [-0.05, 0) is 0 Å². The molecule has 0 aromatic heterocycles. The summed E-state index contributed by atoms with van der Waals surface area (Å²) >= 11 is 0. The fourth-order valence-electron chi connectivity index (χ4n) is 3.00. The second-order valence-corrected chi connectivity index (χ2v) is 10.2. The van der Waals surface area contributed by atoms with Crippen LogP contribution in [0.1, 0.15) is 31.7 Å². The Hall–Kier alpha value is 0.497. The van der Waals surface area contributed by atoms with Crippen LogP contribution in [0.25, 0.3) is 0 Å². The van der Waals surface area contributed by atoms with Crippen molar-refractivity contribution in [1.82, 2.24) is 0 Å². The second kappa shape index (κ2) is 12.0. The van der Waals surface area contributed by atoms with E-state index in [2.05, 4.69) is 44.2 Å². The van der Waals surface area contributed by atoms with Crippen molar-refractivity contribution in [3.8, 4) is 0 Å². The standard InChI is InChI=1S/C12H19Si.C5H5.2ClH.Hf/c1-3-7-13(8-4-9-13)12-6-5-11(2)10-12;1-2-4-5-3-1;;;/h5-6,10H,3-4,7-9H2,1-2H3;1-3H,4H2;2*1H;/q2*-1;;;+4/p-2. The van der Waals surface area contributed by atoms with E-state index < -0.39 is 8.07 Å². The average Bonchev–Trinajstić information content (AvgIpc) is 2.97. The summed E-state index contributed by atoms with van der Waals surface area (Å²) in [6, 6.07) is 11.8. The van der Waals surface area contributed by atoms with Gasteiger partial charge in [-0.1, -0.05) is 44.8 Å². The summed E-state index contributed by atoms with van der Waals surface area (Å²) in [4.78, 5) is 0. The Morgan fingerprint density at radius 3 is 2.29 bits per heavy atom. The number of allylic oxidation sites excluding steroid dienone is 4. The normalized spacial score (nSPS) is 16.5. The van der Waals surface area contributed by atoms with Crippen LogP contribution in [-0.2, 0) is 25.8 Å². The van der Waals surface area contributed by atoms with E-state index in [9.17, 15) is 0 Å². The molecule has 0 nitrogen and oxygen atoms in total. The van der Waals surface area contributed by atoms with Crippen LogP contribution in [-0.4, -0.2) is 8.07 Å². The molecule has 1 aliphatic heterocycles. The molecule has 1 heterocycles. The summed E-state index contributed by atoms with van der Waals surface area (Å²) in [7, 11) is -0.898. The van der Waals surface area contributed by atoms with Crippen molar-refractivity contribution in [2.24, 2.45) is 0 Å². The number of halogens is 2. The molecule has 1 fully saturated rings. The third-order valence-corrected chi connectivity index (χ3v) is 9.76. The van der Waals surface area contributed by atoms with E-state index in [4.69, 9.17) is 0 Å². The minimum atomic E-state index is -0.898. The van der Waals surface area contributed by atoms with E-state index in [0.29, 0.717) is 0 Å². The molecule has 0 bridgehead atoms.